The van der Waals surface area contributed by atoms with Gasteiger partial charge in [0.05, 0.1) is 34.6 Å². The van der Waals surface area contributed by atoms with Gasteiger partial charge in [-0.05, 0) is 25.8 Å². The van der Waals surface area contributed by atoms with Gasteiger partial charge in [0.2, 0.25) is 5.65 Å². The molecule has 2 fully saturated rings. The summed E-state index contributed by atoms with van der Waals surface area (Å²) in [6.45, 7) is 4.56. The Morgan fingerprint density at radius 2 is 2.07 bits per heavy atom. The number of anilines is 1. The molecule has 0 amide bonds. The molecule has 1 aromatic carbocycles. The number of aromatic nitrogens is 4. The van der Waals surface area contributed by atoms with Crippen LogP contribution in [0.2, 0.25) is 10.0 Å². The van der Waals surface area contributed by atoms with Crippen LogP contribution in [0.25, 0.3) is 22.4 Å². The van der Waals surface area contributed by atoms with Crippen LogP contribution in [0.4, 0.5) is 5.82 Å². The molecule has 29 heavy (non-hydrogen) atoms. The Morgan fingerprint density at radius 1 is 1.28 bits per heavy atom. The number of hydrogen-bond acceptors (Lipinski definition) is 6. The van der Waals surface area contributed by atoms with E-state index >= 15 is 0 Å². The average molecular weight is 433 g/mol. The van der Waals surface area contributed by atoms with E-state index < -0.39 is 0 Å². The number of nitrogens with zero attached hydrogens (tertiary/aromatic N) is 4. The molecule has 0 radical (unpaired) electrons. The van der Waals surface area contributed by atoms with Crippen LogP contribution in [0, 0.1) is 5.41 Å². The number of H-pyrrole nitrogens is 1. The number of rotatable bonds is 2. The normalized spacial score (nSPS) is 23.9. The number of fused-ring (bicyclic) bond motifs is 1. The summed E-state index contributed by atoms with van der Waals surface area (Å²) in [5, 5.41) is 8.31. The minimum atomic E-state index is 0.0796. The maximum absolute atomic E-state index is 6.42. The van der Waals surface area contributed by atoms with E-state index in [0.717, 1.165) is 43.9 Å². The van der Waals surface area contributed by atoms with Crippen LogP contribution >= 0.6 is 23.2 Å². The van der Waals surface area contributed by atoms with Crippen molar-refractivity contribution in [3.05, 3.63) is 34.4 Å². The lowest BCUT2D eigenvalue weighted by Crippen LogP contribution is -2.50. The number of hydrogen-bond donors (Lipinski definition) is 2. The standard InChI is InChI=1S/C20H22Cl2N6O/c1-11-18(23)20(10-29-11)5-7-28(8-6-20)14-9-24-17-16(26-27-19(17)25-14)12-3-2-4-13(21)15(12)22/h2-4,9,11,18H,5-8,10,23H2,1H3,(H,25,26,27)/t11-,18+/m0/s1. The first-order chi connectivity index (χ1) is 14.0. The Labute approximate surface area is 178 Å². The maximum atomic E-state index is 6.42. The van der Waals surface area contributed by atoms with Gasteiger partial charge in [0.15, 0.2) is 0 Å². The molecule has 0 saturated carbocycles. The SMILES string of the molecule is C[C@@H]1OCC2(CCN(c3cnc4c(-c5cccc(Cl)c5Cl)[nH]nc4n3)CC2)[C@@H]1N. The number of halogens is 2. The van der Waals surface area contributed by atoms with Crippen LogP contribution in [0.3, 0.4) is 0 Å². The Balaban J connectivity index is 1.40. The van der Waals surface area contributed by atoms with E-state index in [2.05, 4.69) is 27.0 Å². The summed E-state index contributed by atoms with van der Waals surface area (Å²) >= 11 is 12.5. The van der Waals surface area contributed by atoms with Gasteiger partial charge in [-0.3, -0.25) is 5.10 Å². The van der Waals surface area contributed by atoms with E-state index in [1.807, 2.05) is 12.1 Å². The summed E-state index contributed by atoms with van der Waals surface area (Å²) in [5.74, 6) is 0.822. The van der Waals surface area contributed by atoms with E-state index in [1.165, 1.54) is 0 Å². The smallest absolute Gasteiger partial charge is 0.202 e. The van der Waals surface area contributed by atoms with E-state index in [-0.39, 0.29) is 17.6 Å². The van der Waals surface area contributed by atoms with Crippen molar-refractivity contribution in [1.82, 2.24) is 20.2 Å². The first-order valence-electron chi connectivity index (χ1n) is 9.76. The van der Waals surface area contributed by atoms with Crippen molar-refractivity contribution in [1.29, 1.82) is 0 Å². The number of piperidine rings is 1. The molecule has 7 nitrogen and oxygen atoms in total. The summed E-state index contributed by atoms with van der Waals surface area (Å²) in [4.78, 5) is 11.6. The van der Waals surface area contributed by atoms with Crippen molar-refractivity contribution in [2.75, 3.05) is 24.6 Å². The van der Waals surface area contributed by atoms with E-state index in [9.17, 15) is 0 Å². The highest BCUT2D eigenvalue weighted by atomic mass is 35.5. The van der Waals surface area contributed by atoms with Gasteiger partial charge in [0.1, 0.15) is 11.3 Å². The highest BCUT2D eigenvalue weighted by molar-refractivity contribution is 6.43. The van der Waals surface area contributed by atoms with E-state index in [4.69, 9.17) is 38.7 Å². The second kappa shape index (κ2) is 7.09. The Bertz CT molecular complexity index is 1060. The fraction of sp³-hybridized carbons (Fsp3) is 0.450. The summed E-state index contributed by atoms with van der Waals surface area (Å²) < 4.78 is 5.81. The van der Waals surface area contributed by atoms with Crippen molar-refractivity contribution in [3.63, 3.8) is 0 Å². The zero-order valence-corrected chi connectivity index (χ0v) is 17.5. The van der Waals surface area contributed by atoms with Gasteiger partial charge in [0.25, 0.3) is 0 Å². The number of aromatic amines is 1. The van der Waals surface area contributed by atoms with Crippen molar-refractivity contribution in [2.45, 2.75) is 31.9 Å². The monoisotopic (exact) mass is 432 g/mol. The number of nitrogens with one attached hydrogen (secondary N) is 1. The molecule has 5 rings (SSSR count). The van der Waals surface area contributed by atoms with Gasteiger partial charge in [-0.2, -0.15) is 5.10 Å². The minimum Gasteiger partial charge on any atom is -0.376 e. The third-order valence-corrected chi connectivity index (χ3v) is 7.22. The van der Waals surface area contributed by atoms with Crippen molar-refractivity contribution < 1.29 is 4.74 Å². The molecule has 152 valence electrons. The Morgan fingerprint density at radius 3 is 2.79 bits per heavy atom. The molecule has 4 heterocycles. The first-order valence-corrected chi connectivity index (χ1v) is 10.5. The van der Waals surface area contributed by atoms with Crippen LogP contribution in [-0.2, 0) is 4.74 Å². The topological polar surface area (TPSA) is 93.0 Å². The minimum absolute atomic E-state index is 0.0796. The van der Waals surface area contributed by atoms with Gasteiger partial charge in [-0.1, -0.05) is 35.3 Å². The maximum Gasteiger partial charge on any atom is 0.202 e. The zero-order valence-electron chi connectivity index (χ0n) is 16.0. The average Bonchev–Trinajstić information content (AvgIpc) is 3.27. The molecule has 2 aliphatic rings. The molecule has 2 saturated heterocycles. The summed E-state index contributed by atoms with van der Waals surface area (Å²) in [7, 11) is 0. The molecule has 2 atom stereocenters. The number of nitrogens with two attached hydrogens (primary N) is 1. The second-order valence-corrected chi connectivity index (χ2v) is 8.78. The molecule has 3 aromatic rings. The molecular weight excluding hydrogens is 411 g/mol. The van der Waals surface area contributed by atoms with Crippen LogP contribution in [-0.4, -0.2) is 52.0 Å². The third kappa shape index (κ3) is 3.08. The highest BCUT2D eigenvalue weighted by Gasteiger charge is 2.47. The highest BCUT2D eigenvalue weighted by Crippen LogP contribution is 2.42. The zero-order chi connectivity index (χ0) is 20.2. The van der Waals surface area contributed by atoms with Crippen LogP contribution in [0.5, 0.6) is 0 Å². The predicted molar refractivity (Wildman–Crippen MR) is 114 cm³/mol. The molecule has 2 aromatic heterocycles. The summed E-state index contributed by atoms with van der Waals surface area (Å²) in [6.07, 6.45) is 3.90. The molecule has 3 N–H and O–H groups in total. The molecular formula is C20H22Cl2N6O. The van der Waals surface area contributed by atoms with Crippen molar-refractivity contribution in [2.24, 2.45) is 11.1 Å². The van der Waals surface area contributed by atoms with Gasteiger partial charge < -0.3 is 15.4 Å². The van der Waals surface area contributed by atoms with Gasteiger partial charge in [-0.15, -0.1) is 0 Å². The van der Waals surface area contributed by atoms with Gasteiger partial charge in [-0.25, -0.2) is 9.97 Å². The van der Waals surface area contributed by atoms with Crippen LogP contribution < -0.4 is 10.6 Å². The van der Waals surface area contributed by atoms with Gasteiger partial charge >= 0.3 is 0 Å². The molecule has 0 unspecified atom stereocenters. The number of ether oxygens (including phenoxy) is 1. The molecule has 0 bridgehead atoms. The second-order valence-electron chi connectivity index (χ2n) is 7.99. The summed E-state index contributed by atoms with van der Waals surface area (Å²) in [6, 6.07) is 5.57. The Kier molecular flexibility index (Phi) is 4.66. The predicted octanol–water partition coefficient (Wildman–Crippen LogP) is 3.66. The quantitative estimate of drug-likeness (QED) is 0.641. The van der Waals surface area contributed by atoms with E-state index in [0.29, 0.717) is 26.9 Å². The molecule has 2 aliphatic heterocycles. The fourth-order valence-electron chi connectivity index (χ4n) is 4.48. The van der Waals surface area contributed by atoms with Crippen molar-refractivity contribution >= 4 is 40.2 Å². The summed E-state index contributed by atoms with van der Waals surface area (Å²) in [5.41, 5.74) is 9.20. The first kappa shape index (κ1) is 19.1. The largest absolute Gasteiger partial charge is 0.376 e. The lowest BCUT2D eigenvalue weighted by molar-refractivity contribution is 0.0974. The fourth-order valence-corrected chi connectivity index (χ4v) is 4.87. The van der Waals surface area contributed by atoms with E-state index in [1.54, 1.807) is 12.3 Å². The molecule has 9 heteroatoms. The molecule has 0 aliphatic carbocycles. The van der Waals surface area contributed by atoms with Crippen LogP contribution in [0.1, 0.15) is 19.8 Å². The molecule has 1 spiro atoms. The lowest BCUT2D eigenvalue weighted by Gasteiger charge is -2.41. The van der Waals surface area contributed by atoms with Crippen molar-refractivity contribution in [3.8, 4) is 11.3 Å². The van der Waals surface area contributed by atoms with Gasteiger partial charge in [0, 0.05) is 30.1 Å². The Hall–Kier alpha value is -1.93. The lowest BCUT2D eigenvalue weighted by atomic mass is 9.73. The third-order valence-electron chi connectivity index (χ3n) is 6.40. The number of benzene rings is 1. The van der Waals surface area contributed by atoms with Crippen LogP contribution in [0.15, 0.2) is 24.4 Å².